The second kappa shape index (κ2) is 6.36. The summed E-state index contributed by atoms with van der Waals surface area (Å²) < 4.78 is 31.5. The van der Waals surface area contributed by atoms with Crippen molar-refractivity contribution in [3.05, 3.63) is 29.8 Å². The monoisotopic (exact) mass is 327 g/mol. The minimum Gasteiger partial charge on any atom is -0.465 e. The molecule has 1 aliphatic heterocycles. The lowest BCUT2D eigenvalue weighted by Gasteiger charge is -2.24. The summed E-state index contributed by atoms with van der Waals surface area (Å²) in [4.78, 5) is 12.2. The first kappa shape index (κ1) is 16.9. The zero-order valence-electron chi connectivity index (χ0n) is 12.9. The molecule has 1 aromatic carbocycles. The SMILES string of the molecule is CCOC(=O)[C@H]1[C@@H](C)[C@H](O)CN1S(=O)(=O)c1ccc(C)cc1. The lowest BCUT2D eigenvalue weighted by atomic mass is 10.0. The molecule has 1 fully saturated rings. The lowest BCUT2D eigenvalue weighted by Crippen LogP contribution is -2.43. The summed E-state index contributed by atoms with van der Waals surface area (Å²) in [6, 6.07) is 5.40. The Hall–Kier alpha value is -1.44. The third-order valence-corrected chi connectivity index (χ3v) is 5.80. The molecule has 1 N–H and O–H groups in total. The summed E-state index contributed by atoms with van der Waals surface area (Å²) in [5.74, 6) is -1.14. The molecule has 0 unspecified atom stereocenters. The number of hydrogen-bond acceptors (Lipinski definition) is 5. The molecule has 0 aromatic heterocycles. The van der Waals surface area contributed by atoms with Crippen LogP contribution in [0.15, 0.2) is 29.2 Å². The molecule has 0 spiro atoms. The first-order chi connectivity index (χ1) is 10.3. The van der Waals surface area contributed by atoms with E-state index in [0.29, 0.717) is 0 Å². The summed E-state index contributed by atoms with van der Waals surface area (Å²) in [6.07, 6.45) is -0.894. The molecule has 2 rings (SSSR count). The van der Waals surface area contributed by atoms with E-state index in [-0.39, 0.29) is 18.0 Å². The molecule has 7 heteroatoms. The number of carbonyl (C=O) groups excluding carboxylic acids is 1. The topological polar surface area (TPSA) is 83.9 Å². The molecule has 3 atom stereocenters. The normalized spacial score (nSPS) is 26.1. The van der Waals surface area contributed by atoms with E-state index in [9.17, 15) is 18.3 Å². The van der Waals surface area contributed by atoms with Gasteiger partial charge < -0.3 is 9.84 Å². The van der Waals surface area contributed by atoms with Crippen molar-refractivity contribution in [2.45, 2.75) is 37.8 Å². The third kappa shape index (κ3) is 3.02. The van der Waals surface area contributed by atoms with Crippen LogP contribution in [0.2, 0.25) is 0 Å². The van der Waals surface area contributed by atoms with E-state index in [4.69, 9.17) is 4.74 Å². The maximum atomic E-state index is 12.8. The van der Waals surface area contributed by atoms with Crippen LogP contribution in [-0.2, 0) is 19.6 Å². The number of rotatable bonds is 4. The van der Waals surface area contributed by atoms with E-state index in [1.807, 2.05) is 6.92 Å². The van der Waals surface area contributed by atoms with Crippen molar-refractivity contribution in [2.24, 2.45) is 5.92 Å². The Morgan fingerprint density at radius 2 is 1.95 bits per heavy atom. The maximum Gasteiger partial charge on any atom is 0.324 e. The van der Waals surface area contributed by atoms with Gasteiger partial charge in [0.15, 0.2) is 0 Å². The molecule has 22 heavy (non-hydrogen) atoms. The molecular weight excluding hydrogens is 306 g/mol. The summed E-state index contributed by atoms with van der Waals surface area (Å²) >= 11 is 0. The van der Waals surface area contributed by atoms with E-state index >= 15 is 0 Å². The van der Waals surface area contributed by atoms with Crippen molar-refractivity contribution in [3.63, 3.8) is 0 Å². The van der Waals surface area contributed by atoms with Gasteiger partial charge >= 0.3 is 5.97 Å². The Bertz CT molecular complexity index is 640. The number of aliphatic hydroxyl groups is 1. The number of ether oxygens (including phenoxy) is 1. The standard InChI is InChI=1S/C15H21NO5S/c1-4-21-15(18)14-11(3)13(17)9-16(14)22(19,20)12-7-5-10(2)6-8-12/h5-8,11,13-14,17H,4,9H2,1-3H3/t11-,13+,14+/m0/s1. The highest BCUT2D eigenvalue weighted by Gasteiger charge is 2.49. The Morgan fingerprint density at radius 1 is 1.36 bits per heavy atom. The van der Waals surface area contributed by atoms with Gasteiger partial charge in [0.1, 0.15) is 6.04 Å². The van der Waals surface area contributed by atoms with Gasteiger partial charge in [-0.25, -0.2) is 8.42 Å². The summed E-state index contributed by atoms with van der Waals surface area (Å²) in [5.41, 5.74) is 0.940. The lowest BCUT2D eigenvalue weighted by molar-refractivity contribution is -0.148. The van der Waals surface area contributed by atoms with E-state index in [1.54, 1.807) is 26.0 Å². The maximum absolute atomic E-state index is 12.8. The predicted octanol–water partition coefficient (Wildman–Crippen LogP) is 0.928. The minimum absolute atomic E-state index is 0.105. The van der Waals surface area contributed by atoms with E-state index in [2.05, 4.69) is 0 Å². The molecule has 1 heterocycles. The summed E-state index contributed by atoms with van der Waals surface area (Å²) in [5, 5.41) is 10.00. The summed E-state index contributed by atoms with van der Waals surface area (Å²) in [7, 11) is -3.86. The molecular formula is C15H21NO5S. The number of esters is 1. The van der Waals surface area contributed by atoms with Gasteiger partial charge in [-0.3, -0.25) is 4.79 Å². The fourth-order valence-corrected chi connectivity index (χ4v) is 4.27. The highest BCUT2D eigenvalue weighted by atomic mass is 32.2. The average Bonchev–Trinajstić information content (AvgIpc) is 2.76. The zero-order valence-corrected chi connectivity index (χ0v) is 13.7. The van der Waals surface area contributed by atoms with Crippen molar-refractivity contribution in [1.29, 1.82) is 0 Å². The predicted molar refractivity (Wildman–Crippen MR) is 80.7 cm³/mol. The molecule has 6 nitrogen and oxygen atoms in total. The second-order valence-corrected chi connectivity index (χ2v) is 7.40. The number of sulfonamides is 1. The van der Waals surface area contributed by atoms with Crippen LogP contribution in [0.4, 0.5) is 0 Å². The highest BCUT2D eigenvalue weighted by molar-refractivity contribution is 7.89. The fourth-order valence-electron chi connectivity index (χ4n) is 2.59. The Kier molecular flexibility index (Phi) is 4.89. The van der Waals surface area contributed by atoms with Crippen molar-refractivity contribution in [2.75, 3.05) is 13.2 Å². The molecule has 0 amide bonds. The van der Waals surface area contributed by atoms with Gasteiger partial charge in [-0.1, -0.05) is 24.6 Å². The van der Waals surface area contributed by atoms with Gasteiger partial charge in [0.25, 0.3) is 0 Å². The first-order valence-corrected chi connectivity index (χ1v) is 8.66. The van der Waals surface area contributed by atoms with E-state index in [1.165, 1.54) is 12.1 Å². The van der Waals surface area contributed by atoms with Crippen LogP contribution in [-0.4, -0.2) is 49.1 Å². The molecule has 0 saturated carbocycles. The molecule has 1 aromatic rings. The van der Waals surface area contributed by atoms with Gasteiger partial charge in [0.05, 0.1) is 17.6 Å². The van der Waals surface area contributed by atoms with Crippen LogP contribution in [0.5, 0.6) is 0 Å². The number of benzene rings is 1. The van der Waals surface area contributed by atoms with Gasteiger partial charge in [-0.2, -0.15) is 4.31 Å². The Morgan fingerprint density at radius 3 is 2.50 bits per heavy atom. The fraction of sp³-hybridized carbons (Fsp3) is 0.533. The molecule has 0 bridgehead atoms. The second-order valence-electron chi connectivity index (χ2n) is 5.51. The number of carbonyl (C=O) groups is 1. The number of β-amino-alcohol motifs (C(OH)–C–C–N with tert-alkyl or cyclic N) is 1. The minimum atomic E-state index is -3.86. The molecule has 0 radical (unpaired) electrons. The molecule has 122 valence electrons. The van der Waals surface area contributed by atoms with Crippen molar-refractivity contribution >= 4 is 16.0 Å². The molecule has 1 saturated heterocycles. The Labute approximate surface area is 130 Å². The van der Waals surface area contributed by atoms with E-state index in [0.717, 1.165) is 9.87 Å². The zero-order chi connectivity index (χ0) is 16.5. The number of aryl methyl sites for hydroxylation is 1. The first-order valence-electron chi connectivity index (χ1n) is 7.22. The molecule has 0 aliphatic carbocycles. The van der Waals surface area contributed by atoms with Gasteiger partial charge in [0, 0.05) is 12.5 Å². The quantitative estimate of drug-likeness (QED) is 0.832. The van der Waals surface area contributed by atoms with Crippen molar-refractivity contribution < 1.29 is 23.1 Å². The van der Waals surface area contributed by atoms with Crippen LogP contribution >= 0.6 is 0 Å². The highest BCUT2D eigenvalue weighted by Crippen LogP contribution is 2.31. The van der Waals surface area contributed by atoms with Crippen molar-refractivity contribution in [3.8, 4) is 0 Å². The third-order valence-electron chi connectivity index (χ3n) is 3.94. The average molecular weight is 327 g/mol. The van der Waals surface area contributed by atoms with Crippen LogP contribution in [0.25, 0.3) is 0 Å². The number of nitrogens with zero attached hydrogens (tertiary/aromatic N) is 1. The largest absolute Gasteiger partial charge is 0.465 e. The van der Waals surface area contributed by atoms with Crippen LogP contribution < -0.4 is 0 Å². The van der Waals surface area contributed by atoms with Crippen molar-refractivity contribution in [1.82, 2.24) is 4.31 Å². The van der Waals surface area contributed by atoms with Crippen LogP contribution in [0, 0.1) is 12.8 Å². The van der Waals surface area contributed by atoms with Crippen LogP contribution in [0.3, 0.4) is 0 Å². The number of aliphatic hydroxyl groups excluding tert-OH is 1. The Balaban J connectivity index is 2.39. The van der Waals surface area contributed by atoms with Crippen LogP contribution in [0.1, 0.15) is 19.4 Å². The molecule has 1 aliphatic rings. The summed E-state index contributed by atoms with van der Waals surface area (Å²) in [6.45, 7) is 5.22. The smallest absolute Gasteiger partial charge is 0.324 e. The van der Waals surface area contributed by atoms with Gasteiger partial charge in [-0.05, 0) is 26.0 Å². The number of hydrogen-bond donors (Lipinski definition) is 1. The van der Waals surface area contributed by atoms with Gasteiger partial charge in [-0.15, -0.1) is 0 Å². The van der Waals surface area contributed by atoms with E-state index < -0.39 is 34.1 Å². The van der Waals surface area contributed by atoms with Gasteiger partial charge in [0.2, 0.25) is 10.0 Å².